The van der Waals surface area contributed by atoms with Gasteiger partial charge in [0.15, 0.2) is 0 Å². The molecule has 86 valence electrons. The van der Waals surface area contributed by atoms with Crippen LogP contribution in [-0.2, 0) is 11.2 Å². The minimum atomic E-state index is -0.473. The molecule has 1 rings (SSSR count). The highest BCUT2D eigenvalue weighted by Crippen LogP contribution is 2.21. The van der Waals surface area contributed by atoms with Crippen molar-refractivity contribution in [2.24, 2.45) is 0 Å². The maximum atomic E-state index is 10.7. The fourth-order valence-corrected chi connectivity index (χ4v) is 1.34. The molecule has 3 N–H and O–H groups in total. The number of anilines is 1. The normalized spacial score (nSPS) is 9.81. The average Bonchev–Trinajstić information content (AvgIpc) is 2.19. The lowest BCUT2D eigenvalue weighted by atomic mass is 10.1. The molecule has 0 heterocycles. The highest BCUT2D eigenvalue weighted by atomic mass is 16.6. The van der Waals surface area contributed by atoms with E-state index in [0.29, 0.717) is 24.2 Å². The van der Waals surface area contributed by atoms with Crippen molar-refractivity contribution >= 4 is 17.3 Å². The summed E-state index contributed by atoms with van der Waals surface area (Å²) in [6.07, 6.45) is 0.413. The van der Waals surface area contributed by atoms with Crippen LogP contribution in [0, 0.1) is 10.1 Å². The van der Waals surface area contributed by atoms with Gasteiger partial charge in [0.25, 0.3) is 5.69 Å². The summed E-state index contributed by atoms with van der Waals surface area (Å²) in [5.74, 6) is -0.155. The monoisotopic (exact) mass is 223 g/mol. The quantitative estimate of drug-likeness (QED) is 0.449. The molecule has 1 aromatic carbocycles. The van der Waals surface area contributed by atoms with Crippen molar-refractivity contribution in [3.05, 3.63) is 33.9 Å². The molecular formula is C10H13N3O3. The van der Waals surface area contributed by atoms with Gasteiger partial charge in [-0.25, -0.2) is 0 Å². The number of hydrogen-bond acceptors (Lipinski definition) is 4. The lowest BCUT2D eigenvalue weighted by Crippen LogP contribution is -2.22. The van der Waals surface area contributed by atoms with Gasteiger partial charge < -0.3 is 11.1 Å². The van der Waals surface area contributed by atoms with Crippen molar-refractivity contribution < 1.29 is 9.72 Å². The minimum absolute atomic E-state index is 0.00893. The molecule has 0 atom stereocenters. The fourth-order valence-electron chi connectivity index (χ4n) is 1.34. The van der Waals surface area contributed by atoms with Crippen LogP contribution in [0.1, 0.15) is 12.5 Å². The molecule has 1 aromatic rings. The van der Waals surface area contributed by atoms with Crippen molar-refractivity contribution in [1.82, 2.24) is 5.32 Å². The van der Waals surface area contributed by atoms with E-state index in [9.17, 15) is 14.9 Å². The van der Waals surface area contributed by atoms with E-state index in [4.69, 9.17) is 5.73 Å². The first-order valence-electron chi connectivity index (χ1n) is 4.78. The van der Waals surface area contributed by atoms with Gasteiger partial charge >= 0.3 is 0 Å². The van der Waals surface area contributed by atoms with Crippen molar-refractivity contribution in [2.75, 3.05) is 12.3 Å². The van der Waals surface area contributed by atoms with E-state index in [1.165, 1.54) is 13.0 Å². The summed E-state index contributed by atoms with van der Waals surface area (Å²) in [6.45, 7) is 1.78. The van der Waals surface area contributed by atoms with Gasteiger partial charge in [-0.3, -0.25) is 14.9 Å². The lowest BCUT2D eigenvalue weighted by molar-refractivity contribution is -0.385. The second-order valence-corrected chi connectivity index (χ2v) is 3.38. The van der Waals surface area contributed by atoms with Crippen LogP contribution in [0.3, 0.4) is 0 Å². The summed E-state index contributed by atoms with van der Waals surface area (Å²) in [4.78, 5) is 20.9. The smallest absolute Gasteiger partial charge is 0.274 e. The molecule has 0 aliphatic carbocycles. The van der Waals surface area contributed by atoms with Crippen molar-refractivity contribution in [2.45, 2.75) is 13.3 Å². The maximum Gasteiger partial charge on any atom is 0.274 e. The van der Waals surface area contributed by atoms with Gasteiger partial charge in [-0.2, -0.15) is 0 Å². The van der Waals surface area contributed by atoms with Gasteiger partial charge in [-0.15, -0.1) is 0 Å². The SMILES string of the molecule is CC(=O)NCCc1ccc(N)cc1[N+](=O)[O-]. The van der Waals surface area contributed by atoms with Gasteiger partial charge in [0.05, 0.1) is 4.92 Å². The molecule has 16 heavy (non-hydrogen) atoms. The van der Waals surface area contributed by atoms with Gasteiger partial charge in [-0.05, 0) is 12.5 Å². The van der Waals surface area contributed by atoms with Crippen LogP contribution < -0.4 is 11.1 Å². The molecule has 0 spiro atoms. The average molecular weight is 223 g/mol. The summed E-state index contributed by atoms with van der Waals surface area (Å²) < 4.78 is 0. The van der Waals surface area contributed by atoms with Gasteiger partial charge in [0.1, 0.15) is 0 Å². The molecule has 0 fully saturated rings. The first kappa shape index (κ1) is 12.0. The van der Waals surface area contributed by atoms with Crippen molar-refractivity contribution in [3.63, 3.8) is 0 Å². The number of hydrogen-bond donors (Lipinski definition) is 2. The Balaban J connectivity index is 2.78. The molecule has 0 unspecified atom stereocenters. The zero-order valence-corrected chi connectivity index (χ0v) is 8.90. The minimum Gasteiger partial charge on any atom is -0.399 e. The molecule has 0 aromatic heterocycles. The Labute approximate surface area is 92.6 Å². The van der Waals surface area contributed by atoms with Crippen LogP contribution in [0.15, 0.2) is 18.2 Å². The van der Waals surface area contributed by atoms with Crippen molar-refractivity contribution in [1.29, 1.82) is 0 Å². The zero-order valence-electron chi connectivity index (χ0n) is 8.90. The van der Waals surface area contributed by atoms with Crippen LogP contribution in [0.4, 0.5) is 11.4 Å². The highest BCUT2D eigenvalue weighted by molar-refractivity contribution is 5.72. The molecular weight excluding hydrogens is 210 g/mol. The van der Waals surface area contributed by atoms with E-state index in [1.807, 2.05) is 0 Å². The number of nitrogens with one attached hydrogen (secondary N) is 1. The standard InChI is InChI=1S/C10H13N3O3/c1-7(14)12-5-4-8-2-3-9(11)6-10(8)13(15)16/h2-3,6H,4-5,11H2,1H3,(H,12,14). The molecule has 0 aliphatic rings. The largest absolute Gasteiger partial charge is 0.399 e. The topological polar surface area (TPSA) is 98.3 Å². The molecule has 6 heteroatoms. The van der Waals surface area contributed by atoms with Gasteiger partial charge in [-0.1, -0.05) is 6.07 Å². The molecule has 0 bridgehead atoms. The van der Waals surface area contributed by atoms with E-state index in [2.05, 4.69) is 5.32 Å². The third-order valence-electron chi connectivity index (χ3n) is 2.07. The molecule has 0 saturated heterocycles. The van der Waals surface area contributed by atoms with Crippen LogP contribution >= 0.6 is 0 Å². The number of carbonyl (C=O) groups is 1. The van der Waals surface area contributed by atoms with Crippen LogP contribution in [0.5, 0.6) is 0 Å². The second kappa shape index (κ2) is 5.11. The number of amides is 1. The first-order valence-corrected chi connectivity index (χ1v) is 4.78. The van der Waals surface area contributed by atoms with E-state index < -0.39 is 4.92 Å². The molecule has 1 amide bonds. The summed E-state index contributed by atoms with van der Waals surface area (Å²) in [6, 6.07) is 4.54. The number of nitro groups is 1. The van der Waals surface area contributed by atoms with Crippen LogP contribution in [-0.4, -0.2) is 17.4 Å². The maximum absolute atomic E-state index is 10.7. The Morgan fingerprint density at radius 2 is 2.25 bits per heavy atom. The Bertz CT molecular complexity index is 418. The summed E-state index contributed by atoms with van der Waals surface area (Å²) in [5, 5.41) is 13.3. The number of benzene rings is 1. The Morgan fingerprint density at radius 1 is 1.56 bits per heavy atom. The van der Waals surface area contributed by atoms with Gasteiger partial charge in [0.2, 0.25) is 5.91 Å². The number of nitrogens with zero attached hydrogens (tertiary/aromatic N) is 1. The summed E-state index contributed by atoms with van der Waals surface area (Å²) >= 11 is 0. The Morgan fingerprint density at radius 3 is 2.81 bits per heavy atom. The van der Waals surface area contributed by atoms with E-state index in [0.717, 1.165) is 0 Å². The third kappa shape index (κ3) is 3.23. The number of carbonyl (C=O) groups excluding carboxylic acids is 1. The zero-order chi connectivity index (χ0) is 12.1. The number of nitrogen functional groups attached to an aromatic ring is 1. The Kier molecular flexibility index (Phi) is 3.82. The van der Waals surface area contributed by atoms with Crippen LogP contribution in [0.25, 0.3) is 0 Å². The number of nitro benzene ring substituents is 1. The summed E-state index contributed by atoms with van der Waals surface area (Å²) in [5.41, 5.74) is 6.38. The molecule has 0 aliphatic heterocycles. The fraction of sp³-hybridized carbons (Fsp3) is 0.300. The first-order chi connectivity index (χ1) is 7.50. The predicted octanol–water partition coefficient (Wildman–Crippen LogP) is 0.856. The summed E-state index contributed by atoms with van der Waals surface area (Å²) in [7, 11) is 0. The van der Waals surface area contributed by atoms with E-state index in [-0.39, 0.29) is 11.6 Å². The van der Waals surface area contributed by atoms with E-state index in [1.54, 1.807) is 12.1 Å². The van der Waals surface area contributed by atoms with Gasteiger partial charge in [0, 0.05) is 30.8 Å². The third-order valence-corrected chi connectivity index (χ3v) is 2.07. The number of nitrogens with two attached hydrogens (primary N) is 1. The van der Waals surface area contributed by atoms with Crippen molar-refractivity contribution in [3.8, 4) is 0 Å². The lowest BCUT2D eigenvalue weighted by Gasteiger charge is -2.04. The molecule has 6 nitrogen and oxygen atoms in total. The van der Waals surface area contributed by atoms with E-state index >= 15 is 0 Å². The second-order valence-electron chi connectivity index (χ2n) is 3.38. The predicted molar refractivity (Wildman–Crippen MR) is 59.9 cm³/mol. The number of rotatable bonds is 4. The Hall–Kier alpha value is -2.11. The highest BCUT2D eigenvalue weighted by Gasteiger charge is 2.13. The molecule has 0 saturated carbocycles. The molecule has 0 radical (unpaired) electrons. The van der Waals surface area contributed by atoms with Crippen LogP contribution in [0.2, 0.25) is 0 Å².